The molecule has 5 nitrogen and oxygen atoms in total. The first-order valence-electron chi connectivity index (χ1n) is 6.18. The van der Waals surface area contributed by atoms with E-state index >= 15 is 0 Å². The van der Waals surface area contributed by atoms with Crippen LogP contribution >= 0.6 is 0 Å². The second-order valence-corrected chi connectivity index (χ2v) is 6.14. The van der Waals surface area contributed by atoms with Gasteiger partial charge in [0.1, 0.15) is 0 Å². The third-order valence-electron chi connectivity index (χ3n) is 2.75. The molecule has 0 bridgehead atoms. The Kier molecular flexibility index (Phi) is 5.49. The molecular weight excluding hydrogens is 266 g/mol. The number of ether oxygens (including phenoxy) is 2. The van der Waals surface area contributed by atoms with Crippen molar-refractivity contribution in [2.24, 2.45) is 5.73 Å². The van der Waals surface area contributed by atoms with Gasteiger partial charge in [-0.2, -0.15) is 0 Å². The highest BCUT2D eigenvalue weighted by Crippen LogP contribution is 2.27. The molecule has 0 aromatic heterocycles. The van der Waals surface area contributed by atoms with Gasteiger partial charge in [0.25, 0.3) is 0 Å². The van der Waals surface area contributed by atoms with Crippen LogP contribution in [0.2, 0.25) is 0 Å². The third-order valence-corrected chi connectivity index (χ3v) is 3.87. The Morgan fingerprint density at radius 2 is 1.58 bits per heavy atom. The van der Waals surface area contributed by atoms with Crippen LogP contribution in [0.3, 0.4) is 0 Å². The second kappa shape index (κ2) is 6.47. The highest BCUT2D eigenvalue weighted by atomic mass is 32.2. The van der Waals surface area contributed by atoms with Crippen molar-refractivity contribution in [3.8, 4) is 0 Å². The van der Waals surface area contributed by atoms with E-state index in [1.807, 2.05) is 13.8 Å². The Labute approximate surface area is 114 Å². The Morgan fingerprint density at radius 1 is 1.11 bits per heavy atom. The van der Waals surface area contributed by atoms with E-state index in [0.29, 0.717) is 18.8 Å². The van der Waals surface area contributed by atoms with Crippen LogP contribution in [0.4, 0.5) is 0 Å². The van der Waals surface area contributed by atoms with E-state index in [1.54, 1.807) is 12.1 Å². The lowest BCUT2D eigenvalue weighted by Gasteiger charge is -2.32. The van der Waals surface area contributed by atoms with Crippen LogP contribution in [0.25, 0.3) is 0 Å². The van der Waals surface area contributed by atoms with E-state index in [4.69, 9.17) is 15.2 Å². The lowest BCUT2D eigenvalue weighted by atomic mass is 10.1. The van der Waals surface area contributed by atoms with Gasteiger partial charge >= 0.3 is 0 Å². The van der Waals surface area contributed by atoms with Crippen molar-refractivity contribution >= 4 is 9.84 Å². The summed E-state index contributed by atoms with van der Waals surface area (Å²) in [6.45, 7) is 4.77. The van der Waals surface area contributed by atoms with Crippen LogP contribution in [0.15, 0.2) is 29.2 Å². The molecule has 0 aliphatic rings. The summed E-state index contributed by atoms with van der Waals surface area (Å²) in [6.07, 6.45) is 1.17. The second-order valence-electron chi connectivity index (χ2n) is 4.12. The minimum atomic E-state index is -3.21. The fraction of sp³-hybridized carbons (Fsp3) is 0.538. The first-order chi connectivity index (χ1) is 8.89. The normalized spacial score (nSPS) is 12.6. The highest BCUT2D eigenvalue weighted by molar-refractivity contribution is 7.90. The molecule has 0 atom stereocenters. The number of rotatable bonds is 7. The van der Waals surface area contributed by atoms with Crippen molar-refractivity contribution < 1.29 is 17.9 Å². The van der Waals surface area contributed by atoms with Gasteiger partial charge in [0.15, 0.2) is 9.84 Å². The molecular formula is C13H21NO4S. The maximum Gasteiger partial charge on any atom is 0.207 e. The monoisotopic (exact) mass is 287 g/mol. The van der Waals surface area contributed by atoms with Crippen molar-refractivity contribution in [3.05, 3.63) is 29.8 Å². The van der Waals surface area contributed by atoms with E-state index in [1.165, 1.54) is 18.4 Å². The van der Waals surface area contributed by atoms with E-state index in [2.05, 4.69) is 0 Å². The summed E-state index contributed by atoms with van der Waals surface area (Å²) in [5.41, 5.74) is 6.48. The third kappa shape index (κ3) is 3.76. The van der Waals surface area contributed by atoms with Crippen LogP contribution in [0.1, 0.15) is 19.4 Å². The molecule has 0 heterocycles. The SMILES string of the molecule is CCOC(CN)(OCC)c1ccc(S(C)(=O)=O)cc1. The van der Waals surface area contributed by atoms with Gasteiger partial charge in [0.05, 0.1) is 11.4 Å². The summed E-state index contributed by atoms with van der Waals surface area (Å²) in [7, 11) is -3.21. The minimum Gasteiger partial charge on any atom is -0.345 e. The summed E-state index contributed by atoms with van der Waals surface area (Å²) in [5.74, 6) is -1.01. The van der Waals surface area contributed by atoms with Crippen LogP contribution in [-0.2, 0) is 25.1 Å². The van der Waals surface area contributed by atoms with E-state index in [9.17, 15) is 8.42 Å². The summed E-state index contributed by atoms with van der Waals surface area (Å²) in [4.78, 5) is 0.259. The lowest BCUT2D eigenvalue weighted by Crippen LogP contribution is -2.41. The van der Waals surface area contributed by atoms with Crippen molar-refractivity contribution in [1.82, 2.24) is 0 Å². The zero-order chi connectivity index (χ0) is 14.5. The van der Waals surface area contributed by atoms with Gasteiger partial charge in [-0.05, 0) is 26.0 Å². The van der Waals surface area contributed by atoms with Crippen molar-refractivity contribution in [1.29, 1.82) is 0 Å². The van der Waals surface area contributed by atoms with E-state index < -0.39 is 15.6 Å². The Hall–Kier alpha value is -0.950. The molecule has 0 saturated carbocycles. The Bertz CT molecular complexity index is 490. The predicted molar refractivity (Wildman–Crippen MR) is 73.5 cm³/mol. The van der Waals surface area contributed by atoms with Crippen LogP contribution in [-0.4, -0.2) is 34.4 Å². The number of hydrogen-bond donors (Lipinski definition) is 1. The molecule has 0 unspecified atom stereocenters. The maximum atomic E-state index is 11.4. The summed E-state index contributed by atoms with van der Waals surface area (Å²) in [6, 6.07) is 6.42. The van der Waals surface area contributed by atoms with Gasteiger partial charge < -0.3 is 15.2 Å². The van der Waals surface area contributed by atoms with Crippen LogP contribution in [0, 0.1) is 0 Å². The average Bonchev–Trinajstić information content (AvgIpc) is 2.37. The van der Waals surface area contributed by atoms with Crippen LogP contribution < -0.4 is 5.73 Å². The molecule has 108 valence electrons. The van der Waals surface area contributed by atoms with Gasteiger partial charge in [-0.25, -0.2) is 8.42 Å². The van der Waals surface area contributed by atoms with Crippen molar-refractivity contribution in [3.63, 3.8) is 0 Å². The van der Waals surface area contributed by atoms with Gasteiger partial charge in [0, 0.05) is 25.0 Å². The fourth-order valence-electron chi connectivity index (χ4n) is 1.87. The average molecular weight is 287 g/mol. The lowest BCUT2D eigenvalue weighted by molar-refractivity contribution is -0.235. The fourth-order valence-corrected chi connectivity index (χ4v) is 2.50. The van der Waals surface area contributed by atoms with Gasteiger partial charge in [-0.15, -0.1) is 0 Å². The van der Waals surface area contributed by atoms with Gasteiger partial charge in [0.2, 0.25) is 5.79 Å². The largest absolute Gasteiger partial charge is 0.345 e. The minimum absolute atomic E-state index is 0.160. The molecule has 2 N–H and O–H groups in total. The first-order valence-corrected chi connectivity index (χ1v) is 8.07. The quantitative estimate of drug-likeness (QED) is 0.764. The molecule has 0 aliphatic heterocycles. The molecule has 6 heteroatoms. The molecule has 0 fully saturated rings. The molecule has 0 radical (unpaired) electrons. The molecule has 0 aliphatic carbocycles. The van der Waals surface area contributed by atoms with Crippen LogP contribution in [0.5, 0.6) is 0 Å². The molecule has 1 aromatic carbocycles. The standard InChI is InChI=1S/C13H21NO4S/c1-4-17-13(10-14,18-5-2)11-6-8-12(9-7-11)19(3,15)16/h6-9H,4-5,10,14H2,1-3H3. The molecule has 0 saturated heterocycles. The van der Waals surface area contributed by atoms with Gasteiger partial charge in [-0.3, -0.25) is 0 Å². The summed E-state index contributed by atoms with van der Waals surface area (Å²) in [5, 5.41) is 0. The maximum absolute atomic E-state index is 11.4. The van der Waals surface area contributed by atoms with Crippen molar-refractivity contribution in [2.75, 3.05) is 26.0 Å². The number of nitrogens with two attached hydrogens (primary N) is 1. The molecule has 0 spiro atoms. The van der Waals surface area contributed by atoms with E-state index in [0.717, 1.165) is 0 Å². The molecule has 0 amide bonds. The number of hydrogen-bond acceptors (Lipinski definition) is 5. The number of sulfone groups is 1. The smallest absolute Gasteiger partial charge is 0.207 e. The first kappa shape index (κ1) is 16.1. The zero-order valence-corrected chi connectivity index (χ0v) is 12.4. The molecule has 1 rings (SSSR count). The number of benzene rings is 1. The molecule has 19 heavy (non-hydrogen) atoms. The predicted octanol–water partition coefficient (Wildman–Crippen LogP) is 1.27. The summed E-state index contributed by atoms with van der Waals surface area (Å²) < 4.78 is 34.1. The molecule has 1 aromatic rings. The zero-order valence-electron chi connectivity index (χ0n) is 11.5. The summed E-state index contributed by atoms with van der Waals surface area (Å²) >= 11 is 0. The van der Waals surface area contributed by atoms with Gasteiger partial charge in [-0.1, -0.05) is 12.1 Å². The topological polar surface area (TPSA) is 78.6 Å². The Morgan fingerprint density at radius 3 is 1.89 bits per heavy atom. The Balaban J connectivity index is 3.17. The highest BCUT2D eigenvalue weighted by Gasteiger charge is 2.32. The van der Waals surface area contributed by atoms with Crippen molar-refractivity contribution in [2.45, 2.75) is 24.5 Å². The van der Waals surface area contributed by atoms with E-state index in [-0.39, 0.29) is 11.4 Å².